The number of rotatable bonds is 32. The van der Waals surface area contributed by atoms with E-state index in [1.807, 2.05) is 6.08 Å². The number of phosphoric ester groups is 1. The SMILES string of the molecule is CC/C=C\C/C=C\C/C=C\C/C=C\C/C=C\CCCC(=O)OC(COC(=O)CCCCCCC/C=C\CCCCC)COP(=O)(O)OC. The lowest BCUT2D eigenvalue weighted by Gasteiger charge is -2.19. The molecular weight excluding hydrogens is 627 g/mol. The van der Waals surface area contributed by atoms with Gasteiger partial charge in [-0.05, 0) is 77.0 Å². The highest BCUT2D eigenvalue weighted by atomic mass is 31.2. The molecule has 0 bridgehead atoms. The molecule has 0 fully saturated rings. The van der Waals surface area contributed by atoms with Gasteiger partial charge in [0.2, 0.25) is 0 Å². The van der Waals surface area contributed by atoms with Crippen molar-refractivity contribution in [3.05, 3.63) is 72.9 Å². The Bertz CT molecular complexity index is 1010. The monoisotopic (exact) mass is 692 g/mol. The van der Waals surface area contributed by atoms with Crippen LogP contribution in [0.1, 0.15) is 136 Å². The molecule has 1 N–H and O–H groups in total. The van der Waals surface area contributed by atoms with Crippen molar-refractivity contribution >= 4 is 19.8 Å². The second-order valence-electron chi connectivity index (χ2n) is 11.6. The summed E-state index contributed by atoms with van der Waals surface area (Å²) in [6, 6.07) is 0. The fraction of sp³-hybridized carbons (Fsp3) is 0.641. The Morgan fingerprint density at radius 3 is 1.67 bits per heavy atom. The van der Waals surface area contributed by atoms with E-state index in [2.05, 4.69) is 85.2 Å². The highest BCUT2D eigenvalue weighted by molar-refractivity contribution is 7.47. The van der Waals surface area contributed by atoms with Gasteiger partial charge in [0.15, 0.2) is 6.10 Å². The summed E-state index contributed by atoms with van der Waals surface area (Å²) in [5.41, 5.74) is 0. The zero-order chi connectivity index (χ0) is 35.4. The van der Waals surface area contributed by atoms with Gasteiger partial charge in [-0.2, -0.15) is 0 Å². The number of carbonyl (C=O) groups excluding carboxylic acids is 2. The molecule has 0 saturated carbocycles. The van der Waals surface area contributed by atoms with Gasteiger partial charge in [0.25, 0.3) is 0 Å². The number of unbranched alkanes of at least 4 members (excludes halogenated alkanes) is 9. The molecule has 2 unspecified atom stereocenters. The normalized spacial score (nSPS) is 14.3. The maximum atomic E-state index is 12.4. The molecule has 0 amide bonds. The summed E-state index contributed by atoms with van der Waals surface area (Å²) in [7, 11) is -3.23. The van der Waals surface area contributed by atoms with Crippen LogP contribution >= 0.6 is 7.82 Å². The minimum Gasteiger partial charge on any atom is -0.462 e. The summed E-state index contributed by atoms with van der Waals surface area (Å²) in [5.74, 6) is -0.892. The van der Waals surface area contributed by atoms with Crippen molar-refractivity contribution in [1.29, 1.82) is 0 Å². The molecule has 0 radical (unpaired) electrons. The van der Waals surface area contributed by atoms with Crippen molar-refractivity contribution in [2.45, 2.75) is 142 Å². The third-order valence-corrected chi connectivity index (χ3v) is 8.12. The number of hydrogen-bond donors (Lipinski definition) is 1. The minimum atomic E-state index is -4.28. The predicted octanol–water partition coefficient (Wildman–Crippen LogP) is 11.0. The second-order valence-corrected chi connectivity index (χ2v) is 13.2. The molecule has 0 aromatic carbocycles. The van der Waals surface area contributed by atoms with Gasteiger partial charge in [0.1, 0.15) is 6.61 Å². The maximum Gasteiger partial charge on any atom is 0.472 e. The molecule has 0 heterocycles. The summed E-state index contributed by atoms with van der Waals surface area (Å²) >= 11 is 0. The van der Waals surface area contributed by atoms with Crippen LogP contribution in [0.5, 0.6) is 0 Å². The molecule has 0 aliphatic rings. The average molecular weight is 693 g/mol. The van der Waals surface area contributed by atoms with Crippen LogP contribution in [0.25, 0.3) is 0 Å². The van der Waals surface area contributed by atoms with Crippen molar-refractivity contribution in [2.75, 3.05) is 20.3 Å². The molecule has 0 aromatic rings. The predicted molar refractivity (Wildman–Crippen MR) is 198 cm³/mol. The van der Waals surface area contributed by atoms with Gasteiger partial charge in [-0.15, -0.1) is 0 Å². The van der Waals surface area contributed by atoms with Gasteiger partial charge >= 0.3 is 19.8 Å². The van der Waals surface area contributed by atoms with E-state index < -0.39 is 32.5 Å². The van der Waals surface area contributed by atoms with E-state index in [1.54, 1.807) is 0 Å². The molecule has 0 aliphatic heterocycles. The first kappa shape index (κ1) is 45.5. The Balaban J connectivity index is 4.23. The van der Waals surface area contributed by atoms with Crippen LogP contribution in [-0.2, 0) is 32.7 Å². The Hall–Kier alpha value is -2.51. The highest BCUT2D eigenvalue weighted by Crippen LogP contribution is 2.42. The first-order chi connectivity index (χ1) is 23.3. The topological polar surface area (TPSA) is 108 Å². The number of hydrogen-bond acceptors (Lipinski definition) is 7. The van der Waals surface area contributed by atoms with Crippen LogP contribution in [0.3, 0.4) is 0 Å². The fourth-order valence-electron chi connectivity index (χ4n) is 4.39. The van der Waals surface area contributed by atoms with E-state index in [9.17, 15) is 19.0 Å². The summed E-state index contributed by atoms with van der Waals surface area (Å²) in [6.45, 7) is 3.66. The number of phosphoric acid groups is 1. The lowest BCUT2D eigenvalue weighted by atomic mass is 10.1. The zero-order valence-electron chi connectivity index (χ0n) is 30.1. The van der Waals surface area contributed by atoms with Gasteiger partial charge in [-0.1, -0.05) is 119 Å². The summed E-state index contributed by atoms with van der Waals surface area (Å²) in [6.07, 6.45) is 42.4. The Morgan fingerprint density at radius 1 is 0.604 bits per heavy atom. The van der Waals surface area contributed by atoms with Gasteiger partial charge in [-0.3, -0.25) is 18.6 Å². The third kappa shape index (κ3) is 33.4. The molecule has 8 nitrogen and oxygen atoms in total. The largest absolute Gasteiger partial charge is 0.472 e. The number of carbonyl (C=O) groups is 2. The maximum absolute atomic E-state index is 12.4. The van der Waals surface area contributed by atoms with Crippen molar-refractivity contribution in [3.8, 4) is 0 Å². The summed E-state index contributed by atoms with van der Waals surface area (Å²) in [4.78, 5) is 34.2. The van der Waals surface area contributed by atoms with Crippen LogP contribution in [0.4, 0.5) is 0 Å². The van der Waals surface area contributed by atoms with Crippen molar-refractivity contribution in [3.63, 3.8) is 0 Å². The molecule has 48 heavy (non-hydrogen) atoms. The van der Waals surface area contributed by atoms with E-state index in [4.69, 9.17) is 14.0 Å². The smallest absolute Gasteiger partial charge is 0.462 e. The van der Waals surface area contributed by atoms with Gasteiger partial charge < -0.3 is 14.4 Å². The number of esters is 2. The van der Waals surface area contributed by atoms with Gasteiger partial charge in [0, 0.05) is 20.0 Å². The van der Waals surface area contributed by atoms with Crippen LogP contribution in [0.2, 0.25) is 0 Å². The van der Waals surface area contributed by atoms with Crippen LogP contribution in [-0.4, -0.2) is 43.3 Å². The Kier molecular flexibility index (Phi) is 32.6. The molecule has 0 aliphatic carbocycles. The lowest BCUT2D eigenvalue weighted by Crippen LogP contribution is -2.29. The number of allylic oxidation sites excluding steroid dienone is 12. The van der Waals surface area contributed by atoms with Gasteiger partial charge in [-0.25, -0.2) is 4.57 Å². The van der Waals surface area contributed by atoms with Crippen LogP contribution in [0.15, 0.2) is 72.9 Å². The molecule has 9 heteroatoms. The molecule has 274 valence electrons. The zero-order valence-corrected chi connectivity index (χ0v) is 31.0. The van der Waals surface area contributed by atoms with E-state index in [0.29, 0.717) is 12.8 Å². The number of ether oxygens (including phenoxy) is 2. The van der Waals surface area contributed by atoms with Gasteiger partial charge in [0.05, 0.1) is 6.61 Å². The van der Waals surface area contributed by atoms with Crippen molar-refractivity contribution in [1.82, 2.24) is 0 Å². The highest BCUT2D eigenvalue weighted by Gasteiger charge is 2.24. The summed E-state index contributed by atoms with van der Waals surface area (Å²) < 4.78 is 31.7. The fourth-order valence-corrected chi connectivity index (χ4v) is 4.85. The molecule has 2 atom stereocenters. The molecule has 0 aromatic heterocycles. The molecule has 0 spiro atoms. The standard InChI is InChI=1S/C39H65O8P/c1-4-6-8-10-12-14-16-18-19-20-21-22-24-26-28-30-32-34-39(41)47-37(36-46-48(42,43)44-3)35-45-38(40)33-31-29-27-25-23-17-15-13-11-9-7-5-2/h6,8,12-15,18-19,21-22,26,28,37H,4-5,7,9-11,16-17,20,23-25,27,29-36H2,1-3H3,(H,42,43)/b8-6-,14-12-,15-13-,19-18-,22-21-,28-26-. The van der Waals surface area contributed by atoms with Crippen molar-refractivity contribution in [2.24, 2.45) is 0 Å². The second kappa shape index (κ2) is 34.4. The molecular formula is C39H65O8P. The Morgan fingerprint density at radius 2 is 1.08 bits per heavy atom. The lowest BCUT2D eigenvalue weighted by molar-refractivity contribution is -0.161. The van der Waals surface area contributed by atoms with Crippen molar-refractivity contribution < 1.29 is 37.6 Å². The van der Waals surface area contributed by atoms with Crippen LogP contribution < -0.4 is 0 Å². The van der Waals surface area contributed by atoms with E-state index >= 15 is 0 Å². The molecule has 0 saturated heterocycles. The van der Waals surface area contributed by atoms with E-state index in [-0.39, 0.29) is 19.4 Å². The third-order valence-electron chi connectivity index (χ3n) is 7.18. The summed E-state index contributed by atoms with van der Waals surface area (Å²) in [5, 5.41) is 0. The first-order valence-corrected chi connectivity index (χ1v) is 19.6. The quantitative estimate of drug-likeness (QED) is 0.0321. The average Bonchev–Trinajstić information content (AvgIpc) is 3.07. The van der Waals surface area contributed by atoms with Crippen LogP contribution in [0, 0.1) is 0 Å². The molecule has 0 rings (SSSR count). The minimum absolute atomic E-state index is 0.161. The first-order valence-electron chi connectivity index (χ1n) is 18.1. The Labute approximate surface area is 292 Å². The van der Waals surface area contributed by atoms with E-state index in [0.717, 1.165) is 77.7 Å². The van der Waals surface area contributed by atoms with E-state index in [1.165, 1.54) is 25.7 Å².